The molecule has 1 unspecified atom stereocenters. The maximum absolute atomic E-state index is 11.8. The van der Waals surface area contributed by atoms with Crippen LogP contribution in [-0.2, 0) is 11.2 Å². The fourth-order valence-electron chi connectivity index (χ4n) is 2.64. The Hall–Kier alpha value is -2.33. The molecule has 1 amide bonds. The van der Waals surface area contributed by atoms with E-state index in [9.17, 15) is 4.79 Å². The molecule has 2 N–H and O–H groups in total. The average molecular weight is 296 g/mol. The van der Waals surface area contributed by atoms with Crippen molar-refractivity contribution in [2.24, 2.45) is 5.73 Å². The molecule has 1 saturated heterocycles. The van der Waals surface area contributed by atoms with Crippen LogP contribution in [0.5, 0.6) is 5.75 Å². The summed E-state index contributed by atoms with van der Waals surface area (Å²) in [5, 5.41) is 0. The van der Waals surface area contributed by atoms with Crippen molar-refractivity contribution in [2.75, 3.05) is 18.1 Å². The lowest BCUT2D eigenvalue weighted by Gasteiger charge is -2.16. The monoisotopic (exact) mass is 296 g/mol. The predicted molar refractivity (Wildman–Crippen MR) is 87.0 cm³/mol. The predicted octanol–water partition coefficient (Wildman–Crippen LogP) is 2.37. The zero-order valence-corrected chi connectivity index (χ0v) is 12.4. The molecular weight excluding hydrogens is 276 g/mol. The number of benzene rings is 2. The Labute approximate surface area is 130 Å². The maximum atomic E-state index is 11.8. The molecule has 4 nitrogen and oxygen atoms in total. The van der Waals surface area contributed by atoms with Crippen LogP contribution in [0.3, 0.4) is 0 Å². The second-order valence-electron chi connectivity index (χ2n) is 5.55. The van der Waals surface area contributed by atoms with Crippen molar-refractivity contribution < 1.29 is 9.53 Å². The lowest BCUT2D eigenvalue weighted by atomic mass is 10.2. The van der Waals surface area contributed by atoms with E-state index in [1.54, 1.807) is 4.90 Å². The molecule has 0 radical (unpaired) electrons. The molecule has 1 fully saturated rings. The maximum Gasteiger partial charge on any atom is 0.228 e. The van der Waals surface area contributed by atoms with Gasteiger partial charge in [0.05, 0.1) is 6.61 Å². The first-order valence-electron chi connectivity index (χ1n) is 7.55. The van der Waals surface area contributed by atoms with Gasteiger partial charge in [-0.2, -0.15) is 0 Å². The highest BCUT2D eigenvalue weighted by Crippen LogP contribution is 2.23. The first-order valence-corrected chi connectivity index (χ1v) is 7.55. The smallest absolute Gasteiger partial charge is 0.228 e. The van der Waals surface area contributed by atoms with Crippen LogP contribution < -0.4 is 15.4 Å². The van der Waals surface area contributed by atoms with E-state index in [4.69, 9.17) is 10.5 Å². The normalized spacial score (nSPS) is 17.8. The van der Waals surface area contributed by atoms with Crippen LogP contribution in [0, 0.1) is 0 Å². The number of nitrogens with zero attached hydrogens (tertiary/aromatic N) is 1. The van der Waals surface area contributed by atoms with Gasteiger partial charge >= 0.3 is 0 Å². The summed E-state index contributed by atoms with van der Waals surface area (Å²) in [4.78, 5) is 13.5. The van der Waals surface area contributed by atoms with Gasteiger partial charge in [-0.25, -0.2) is 0 Å². The first-order chi connectivity index (χ1) is 10.7. The minimum Gasteiger partial charge on any atom is -0.493 e. The van der Waals surface area contributed by atoms with Gasteiger partial charge in [-0.15, -0.1) is 0 Å². The molecule has 1 aliphatic heterocycles. The zero-order chi connectivity index (χ0) is 15.4. The number of nitrogens with two attached hydrogens (primary N) is 1. The number of anilines is 1. The first kappa shape index (κ1) is 14.6. The molecular formula is C18H20N2O2. The number of amides is 1. The summed E-state index contributed by atoms with van der Waals surface area (Å²) in [5.74, 6) is 0.904. The third-order valence-electron chi connectivity index (χ3n) is 3.81. The molecule has 1 heterocycles. The molecule has 0 aromatic heterocycles. The molecule has 0 aliphatic carbocycles. The van der Waals surface area contributed by atoms with Crippen molar-refractivity contribution in [3.05, 3.63) is 60.2 Å². The number of rotatable bonds is 5. The summed E-state index contributed by atoms with van der Waals surface area (Å²) in [6.07, 6.45) is 1.30. The Morgan fingerprint density at radius 3 is 2.45 bits per heavy atom. The van der Waals surface area contributed by atoms with Gasteiger partial charge < -0.3 is 15.4 Å². The molecule has 4 heteroatoms. The summed E-state index contributed by atoms with van der Waals surface area (Å²) >= 11 is 0. The summed E-state index contributed by atoms with van der Waals surface area (Å²) in [7, 11) is 0. The summed E-state index contributed by atoms with van der Waals surface area (Å²) < 4.78 is 5.75. The summed E-state index contributed by atoms with van der Waals surface area (Å²) in [6, 6.07) is 17.8. The molecule has 0 bridgehead atoms. The molecule has 2 aromatic rings. The van der Waals surface area contributed by atoms with E-state index in [0.29, 0.717) is 19.6 Å². The van der Waals surface area contributed by atoms with Crippen LogP contribution in [0.2, 0.25) is 0 Å². The topological polar surface area (TPSA) is 55.6 Å². The fourth-order valence-corrected chi connectivity index (χ4v) is 2.64. The Morgan fingerprint density at radius 2 is 1.82 bits per heavy atom. The highest BCUT2D eigenvalue weighted by molar-refractivity contribution is 5.96. The van der Waals surface area contributed by atoms with E-state index in [2.05, 4.69) is 12.1 Å². The van der Waals surface area contributed by atoms with Crippen molar-refractivity contribution in [3.63, 3.8) is 0 Å². The van der Waals surface area contributed by atoms with Crippen LogP contribution >= 0.6 is 0 Å². The molecule has 114 valence electrons. The Kier molecular flexibility index (Phi) is 4.39. The number of ether oxygens (including phenoxy) is 1. The van der Waals surface area contributed by atoms with Gasteiger partial charge in [0.1, 0.15) is 5.75 Å². The van der Waals surface area contributed by atoms with Crippen molar-refractivity contribution in [3.8, 4) is 5.75 Å². The average Bonchev–Trinajstić information content (AvgIpc) is 2.88. The summed E-state index contributed by atoms with van der Waals surface area (Å²) in [5.41, 5.74) is 7.96. The standard InChI is InChI=1S/C18H20N2O2/c19-15-12-18(21)20(13-15)16-6-8-17(9-7-16)22-11-10-14-4-2-1-3-5-14/h1-9,15H,10-13,19H2. The van der Waals surface area contributed by atoms with Gasteiger partial charge in [0.25, 0.3) is 0 Å². The van der Waals surface area contributed by atoms with Crippen LogP contribution in [0.1, 0.15) is 12.0 Å². The Bertz CT molecular complexity index is 625. The number of hydrogen-bond donors (Lipinski definition) is 1. The van der Waals surface area contributed by atoms with Gasteiger partial charge in [0.2, 0.25) is 5.91 Å². The highest BCUT2D eigenvalue weighted by Gasteiger charge is 2.27. The fraction of sp³-hybridized carbons (Fsp3) is 0.278. The second-order valence-corrected chi connectivity index (χ2v) is 5.55. The van der Waals surface area contributed by atoms with Crippen molar-refractivity contribution in [1.82, 2.24) is 0 Å². The second kappa shape index (κ2) is 6.62. The van der Waals surface area contributed by atoms with Crippen LogP contribution in [0.4, 0.5) is 5.69 Å². The quantitative estimate of drug-likeness (QED) is 0.921. The van der Waals surface area contributed by atoms with E-state index in [0.717, 1.165) is 17.9 Å². The van der Waals surface area contributed by atoms with Crippen molar-refractivity contribution >= 4 is 11.6 Å². The van der Waals surface area contributed by atoms with E-state index in [1.807, 2.05) is 42.5 Å². The Morgan fingerprint density at radius 1 is 1.09 bits per heavy atom. The lowest BCUT2D eigenvalue weighted by Crippen LogP contribution is -2.27. The van der Waals surface area contributed by atoms with E-state index < -0.39 is 0 Å². The molecule has 1 atom stereocenters. The van der Waals surface area contributed by atoms with E-state index in [1.165, 1.54) is 5.56 Å². The van der Waals surface area contributed by atoms with Gasteiger partial charge in [-0.1, -0.05) is 30.3 Å². The van der Waals surface area contributed by atoms with Crippen LogP contribution in [-0.4, -0.2) is 25.1 Å². The SMILES string of the molecule is NC1CC(=O)N(c2ccc(OCCc3ccccc3)cc2)C1. The van der Waals surface area contributed by atoms with Gasteiger partial charge in [-0.05, 0) is 29.8 Å². The van der Waals surface area contributed by atoms with Crippen molar-refractivity contribution in [2.45, 2.75) is 18.9 Å². The molecule has 22 heavy (non-hydrogen) atoms. The van der Waals surface area contributed by atoms with Crippen LogP contribution in [0.15, 0.2) is 54.6 Å². The number of carbonyl (C=O) groups excluding carboxylic acids is 1. The molecule has 2 aromatic carbocycles. The number of carbonyl (C=O) groups is 1. The Balaban J connectivity index is 1.54. The third kappa shape index (κ3) is 3.46. The van der Waals surface area contributed by atoms with Crippen LogP contribution in [0.25, 0.3) is 0 Å². The minimum atomic E-state index is -0.0608. The largest absolute Gasteiger partial charge is 0.493 e. The molecule has 1 aliphatic rings. The van der Waals surface area contributed by atoms with Crippen molar-refractivity contribution in [1.29, 1.82) is 0 Å². The zero-order valence-electron chi connectivity index (χ0n) is 12.4. The third-order valence-corrected chi connectivity index (χ3v) is 3.81. The molecule has 3 rings (SSSR count). The highest BCUT2D eigenvalue weighted by atomic mass is 16.5. The summed E-state index contributed by atoms with van der Waals surface area (Å²) in [6.45, 7) is 1.23. The van der Waals surface area contributed by atoms with Gasteiger partial charge in [0, 0.05) is 31.1 Å². The molecule has 0 spiro atoms. The molecule has 0 saturated carbocycles. The number of hydrogen-bond acceptors (Lipinski definition) is 3. The van der Waals surface area contributed by atoms with E-state index >= 15 is 0 Å². The lowest BCUT2D eigenvalue weighted by molar-refractivity contribution is -0.117. The minimum absolute atomic E-state index is 0.0608. The van der Waals surface area contributed by atoms with Gasteiger partial charge in [-0.3, -0.25) is 4.79 Å². The van der Waals surface area contributed by atoms with Gasteiger partial charge in [0.15, 0.2) is 0 Å². The van der Waals surface area contributed by atoms with E-state index in [-0.39, 0.29) is 11.9 Å².